The smallest absolute Gasteiger partial charge is 0.185 e. The van der Waals surface area contributed by atoms with E-state index in [1.54, 1.807) is 11.3 Å². The molecule has 1 saturated heterocycles. The molecule has 120 valence electrons. The Morgan fingerprint density at radius 3 is 2.95 bits per heavy atom. The average Bonchev–Trinajstić information content (AvgIpc) is 2.96. The maximum atomic E-state index is 9.57. The van der Waals surface area contributed by atoms with Crippen molar-refractivity contribution in [1.82, 2.24) is 4.98 Å². The van der Waals surface area contributed by atoms with Crippen LogP contribution in [0, 0.1) is 0 Å². The van der Waals surface area contributed by atoms with Crippen molar-refractivity contribution in [2.75, 3.05) is 24.6 Å². The van der Waals surface area contributed by atoms with Crippen molar-refractivity contribution >= 4 is 16.5 Å². The monoisotopic (exact) mass is 312 g/mol. The highest BCUT2D eigenvalue weighted by Crippen LogP contribution is 2.33. The van der Waals surface area contributed by atoms with E-state index in [-0.39, 0.29) is 6.61 Å². The van der Waals surface area contributed by atoms with Gasteiger partial charge in [-0.2, -0.15) is 0 Å². The molecular formula is C16H28N2O2S. The third kappa shape index (κ3) is 4.18. The summed E-state index contributed by atoms with van der Waals surface area (Å²) in [6.07, 6.45) is 4.75. The van der Waals surface area contributed by atoms with E-state index in [1.165, 1.54) is 0 Å². The SMILES string of the molecule is CCCOC1CCCN(c2nc(C(C)CC)c(CO)s2)C1. The van der Waals surface area contributed by atoms with Crippen LogP contribution in [0.1, 0.15) is 62.9 Å². The number of ether oxygens (including phenoxy) is 1. The molecule has 21 heavy (non-hydrogen) atoms. The molecule has 2 atom stereocenters. The zero-order chi connectivity index (χ0) is 15.2. The molecule has 2 rings (SSSR count). The predicted molar refractivity (Wildman–Crippen MR) is 88.2 cm³/mol. The van der Waals surface area contributed by atoms with E-state index in [2.05, 4.69) is 25.7 Å². The number of hydrogen-bond acceptors (Lipinski definition) is 5. The number of rotatable bonds is 7. The third-order valence-corrected chi connectivity index (χ3v) is 5.26. The van der Waals surface area contributed by atoms with E-state index in [0.717, 1.165) is 61.1 Å². The van der Waals surface area contributed by atoms with Crippen LogP contribution in [0.25, 0.3) is 0 Å². The molecule has 1 aromatic heterocycles. The van der Waals surface area contributed by atoms with Gasteiger partial charge in [0.2, 0.25) is 0 Å². The minimum Gasteiger partial charge on any atom is -0.391 e. The molecule has 0 amide bonds. The summed E-state index contributed by atoms with van der Waals surface area (Å²) in [6.45, 7) is 9.41. The van der Waals surface area contributed by atoms with Gasteiger partial charge in [0.15, 0.2) is 5.13 Å². The maximum Gasteiger partial charge on any atom is 0.185 e. The van der Waals surface area contributed by atoms with Crippen LogP contribution >= 0.6 is 11.3 Å². The molecule has 1 aromatic rings. The van der Waals surface area contributed by atoms with E-state index in [9.17, 15) is 5.11 Å². The molecule has 1 N–H and O–H groups in total. The van der Waals surface area contributed by atoms with Crippen LogP contribution in [-0.4, -0.2) is 35.9 Å². The molecule has 1 fully saturated rings. The van der Waals surface area contributed by atoms with Gasteiger partial charge in [-0.3, -0.25) is 0 Å². The second-order valence-electron chi connectivity index (χ2n) is 5.85. The molecule has 4 nitrogen and oxygen atoms in total. The molecule has 1 aliphatic heterocycles. The van der Waals surface area contributed by atoms with Crippen LogP contribution < -0.4 is 4.90 Å². The summed E-state index contributed by atoms with van der Waals surface area (Å²) >= 11 is 1.64. The van der Waals surface area contributed by atoms with Gasteiger partial charge in [0.1, 0.15) is 0 Å². The molecule has 2 unspecified atom stereocenters. The van der Waals surface area contributed by atoms with Gasteiger partial charge in [-0.15, -0.1) is 0 Å². The molecule has 2 heterocycles. The van der Waals surface area contributed by atoms with Gasteiger partial charge in [-0.05, 0) is 31.6 Å². The van der Waals surface area contributed by atoms with Crippen LogP contribution in [0.3, 0.4) is 0 Å². The summed E-state index contributed by atoms with van der Waals surface area (Å²) in [5.74, 6) is 0.411. The molecule has 5 heteroatoms. The zero-order valence-electron chi connectivity index (χ0n) is 13.5. The topological polar surface area (TPSA) is 45.6 Å². The van der Waals surface area contributed by atoms with Gasteiger partial charge in [-0.25, -0.2) is 4.98 Å². The zero-order valence-corrected chi connectivity index (χ0v) is 14.3. The standard InChI is InChI=1S/C16H28N2O2S/c1-4-9-20-13-7-6-8-18(10-13)16-17-15(12(3)5-2)14(11-19)21-16/h12-13,19H,4-11H2,1-3H3. The molecule has 0 radical (unpaired) electrons. The van der Waals surface area contributed by atoms with Gasteiger partial charge in [-0.1, -0.05) is 32.1 Å². The Labute approximate surface area is 132 Å². The number of hydrogen-bond donors (Lipinski definition) is 1. The van der Waals surface area contributed by atoms with E-state index >= 15 is 0 Å². The first-order valence-corrected chi connectivity index (χ1v) is 8.98. The largest absolute Gasteiger partial charge is 0.391 e. The molecule has 1 aliphatic rings. The Hall–Kier alpha value is -0.650. The highest BCUT2D eigenvalue weighted by molar-refractivity contribution is 7.15. The fourth-order valence-corrected chi connectivity index (χ4v) is 3.79. The quantitative estimate of drug-likeness (QED) is 0.836. The highest BCUT2D eigenvalue weighted by atomic mass is 32.1. The number of aliphatic hydroxyl groups is 1. The van der Waals surface area contributed by atoms with Crippen molar-refractivity contribution in [2.45, 2.75) is 65.1 Å². The molecule has 0 saturated carbocycles. The van der Waals surface area contributed by atoms with Crippen LogP contribution in [0.2, 0.25) is 0 Å². The first-order chi connectivity index (χ1) is 10.2. The fraction of sp³-hybridized carbons (Fsp3) is 0.812. The summed E-state index contributed by atoms with van der Waals surface area (Å²) in [5.41, 5.74) is 1.08. The number of nitrogens with zero attached hydrogens (tertiary/aromatic N) is 2. The van der Waals surface area contributed by atoms with E-state index in [4.69, 9.17) is 9.72 Å². The Morgan fingerprint density at radius 1 is 1.48 bits per heavy atom. The summed E-state index contributed by atoms with van der Waals surface area (Å²) < 4.78 is 5.90. The first-order valence-electron chi connectivity index (χ1n) is 8.16. The lowest BCUT2D eigenvalue weighted by Crippen LogP contribution is -2.39. The Balaban J connectivity index is 2.08. The van der Waals surface area contributed by atoms with E-state index in [1.807, 2.05) is 0 Å². The second-order valence-corrected chi connectivity index (χ2v) is 6.92. The minimum absolute atomic E-state index is 0.0982. The summed E-state index contributed by atoms with van der Waals surface area (Å²) in [7, 11) is 0. The predicted octanol–water partition coefficient (Wildman–Crippen LogP) is 3.54. The molecular weight excluding hydrogens is 284 g/mol. The summed E-state index contributed by atoms with van der Waals surface area (Å²) in [5, 5.41) is 10.6. The summed E-state index contributed by atoms with van der Waals surface area (Å²) in [4.78, 5) is 8.18. The molecule has 0 aromatic carbocycles. The van der Waals surface area contributed by atoms with Crippen molar-refractivity contribution in [3.05, 3.63) is 10.6 Å². The first kappa shape index (κ1) is 16.7. The fourth-order valence-electron chi connectivity index (χ4n) is 2.71. The van der Waals surface area contributed by atoms with Crippen molar-refractivity contribution in [2.24, 2.45) is 0 Å². The van der Waals surface area contributed by atoms with Crippen molar-refractivity contribution in [1.29, 1.82) is 0 Å². The van der Waals surface area contributed by atoms with Crippen LogP contribution in [0.4, 0.5) is 5.13 Å². The lowest BCUT2D eigenvalue weighted by molar-refractivity contribution is 0.0440. The van der Waals surface area contributed by atoms with Crippen LogP contribution in [0.5, 0.6) is 0 Å². The summed E-state index contributed by atoms with van der Waals surface area (Å²) in [6, 6.07) is 0. The van der Waals surface area contributed by atoms with Gasteiger partial charge in [0.05, 0.1) is 23.3 Å². The van der Waals surface area contributed by atoms with Gasteiger partial charge in [0.25, 0.3) is 0 Å². The molecule has 0 bridgehead atoms. The Bertz CT molecular complexity index is 436. The molecule has 0 spiro atoms. The molecule has 0 aliphatic carbocycles. The normalized spacial score (nSPS) is 20.8. The Morgan fingerprint density at radius 2 is 2.29 bits per heavy atom. The number of aromatic nitrogens is 1. The number of anilines is 1. The van der Waals surface area contributed by atoms with Crippen LogP contribution in [0.15, 0.2) is 0 Å². The average molecular weight is 312 g/mol. The lowest BCUT2D eigenvalue weighted by Gasteiger charge is -2.32. The van der Waals surface area contributed by atoms with Crippen molar-refractivity contribution in [3.63, 3.8) is 0 Å². The van der Waals surface area contributed by atoms with Crippen molar-refractivity contribution in [3.8, 4) is 0 Å². The second kappa shape index (κ2) is 8.11. The Kier molecular flexibility index (Phi) is 6.45. The lowest BCUT2D eigenvalue weighted by atomic mass is 10.0. The number of aliphatic hydroxyl groups excluding tert-OH is 1. The number of thiazole rings is 1. The third-order valence-electron chi connectivity index (χ3n) is 4.15. The van der Waals surface area contributed by atoms with Crippen LogP contribution in [-0.2, 0) is 11.3 Å². The maximum absolute atomic E-state index is 9.57. The van der Waals surface area contributed by atoms with Gasteiger partial charge >= 0.3 is 0 Å². The minimum atomic E-state index is 0.0982. The van der Waals surface area contributed by atoms with Gasteiger partial charge in [0, 0.05) is 19.7 Å². The van der Waals surface area contributed by atoms with E-state index in [0.29, 0.717) is 12.0 Å². The number of piperidine rings is 1. The van der Waals surface area contributed by atoms with Gasteiger partial charge < -0.3 is 14.7 Å². The van der Waals surface area contributed by atoms with E-state index < -0.39 is 0 Å². The highest BCUT2D eigenvalue weighted by Gasteiger charge is 2.24. The van der Waals surface area contributed by atoms with Crippen molar-refractivity contribution < 1.29 is 9.84 Å².